The molecule has 0 N–H and O–H groups in total. The van der Waals surface area contributed by atoms with E-state index in [0.717, 1.165) is 25.9 Å². The van der Waals surface area contributed by atoms with E-state index in [-0.39, 0.29) is 24.1 Å². The summed E-state index contributed by atoms with van der Waals surface area (Å²) in [6, 6.07) is 6.68. The predicted molar refractivity (Wildman–Crippen MR) is 85.6 cm³/mol. The molecule has 0 unspecified atom stereocenters. The van der Waals surface area contributed by atoms with Crippen molar-refractivity contribution in [3.63, 3.8) is 0 Å². The maximum absolute atomic E-state index is 13.8. The topological polar surface area (TPSA) is 43.9 Å². The zero-order chi connectivity index (χ0) is 16.2. The van der Waals surface area contributed by atoms with Crippen molar-refractivity contribution in [2.45, 2.75) is 19.3 Å². The number of amides is 2. The molecular weight excluding hydrogens is 297 g/mol. The summed E-state index contributed by atoms with van der Waals surface area (Å²) >= 11 is 0. The summed E-state index contributed by atoms with van der Waals surface area (Å²) in [5.74, 6) is -0.421. The first-order valence-corrected chi connectivity index (χ1v) is 8.20. The van der Waals surface area contributed by atoms with Gasteiger partial charge in [0.15, 0.2) is 0 Å². The van der Waals surface area contributed by atoms with Gasteiger partial charge in [-0.05, 0) is 25.0 Å². The molecule has 2 heterocycles. The lowest BCUT2D eigenvalue weighted by atomic mass is 10.2. The van der Waals surface area contributed by atoms with Crippen molar-refractivity contribution in [1.82, 2.24) is 9.80 Å². The van der Waals surface area contributed by atoms with Gasteiger partial charge in [-0.15, -0.1) is 0 Å². The molecule has 2 fully saturated rings. The summed E-state index contributed by atoms with van der Waals surface area (Å²) in [7, 11) is 0. The molecule has 1 aromatic carbocycles. The van der Waals surface area contributed by atoms with Crippen molar-refractivity contribution in [2.24, 2.45) is 0 Å². The molecule has 6 heteroatoms. The van der Waals surface area contributed by atoms with E-state index in [0.29, 0.717) is 31.9 Å². The number of anilines is 1. The Hall–Kier alpha value is -2.11. The molecule has 0 spiro atoms. The van der Waals surface area contributed by atoms with Gasteiger partial charge in [-0.3, -0.25) is 9.59 Å². The van der Waals surface area contributed by atoms with Crippen LogP contribution in [0.15, 0.2) is 24.3 Å². The highest BCUT2D eigenvalue weighted by molar-refractivity contribution is 5.97. The van der Waals surface area contributed by atoms with Crippen molar-refractivity contribution in [3.8, 4) is 0 Å². The van der Waals surface area contributed by atoms with Gasteiger partial charge < -0.3 is 14.7 Å². The fourth-order valence-corrected chi connectivity index (χ4v) is 3.22. The summed E-state index contributed by atoms with van der Waals surface area (Å²) in [5.41, 5.74) is 0.577. The van der Waals surface area contributed by atoms with Gasteiger partial charge in [-0.2, -0.15) is 0 Å². The van der Waals surface area contributed by atoms with Crippen LogP contribution in [0, 0.1) is 5.82 Å². The maximum Gasteiger partial charge on any atom is 0.232 e. The Balaban J connectivity index is 1.51. The van der Waals surface area contributed by atoms with Crippen LogP contribution in [0.1, 0.15) is 19.3 Å². The predicted octanol–water partition coefficient (Wildman–Crippen LogP) is 1.49. The number of carbonyl (C=O) groups excluding carboxylic acids is 2. The molecule has 0 atom stereocenters. The summed E-state index contributed by atoms with van der Waals surface area (Å²) in [4.78, 5) is 29.7. The first-order valence-electron chi connectivity index (χ1n) is 8.20. The molecular formula is C17H22FN3O2. The normalized spacial score (nSPS) is 18.4. The number of hydrogen-bond acceptors (Lipinski definition) is 3. The molecule has 2 amide bonds. The van der Waals surface area contributed by atoms with E-state index in [2.05, 4.69) is 0 Å². The van der Waals surface area contributed by atoms with Crippen LogP contribution in [0.25, 0.3) is 0 Å². The Morgan fingerprint density at radius 2 is 1.43 bits per heavy atom. The minimum absolute atomic E-state index is 0.0420. The third-order valence-corrected chi connectivity index (χ3v) is 4.59. The van der Waals surface area contributed by atoms with Gasteiger partial charge in [-0.1, -0.05) is 12.1 Å². The van der Waals surface area contributed by atoms with Gasteiger partial charge in [0, 0.05) is 39.3 Å². The summed E-state index contributed by atoms with van der Waals surface area (Å²) in [5, 5.41) is 0. The van der Waals surface area contributed by atoms with E-state index in [9.17, 15) is 14.0 Å². The summed E-state index contributed by atoms with van der Waals surface area (Å²) in [6.45, 7) is 3.77. The van der Waals surface area contributed by atoms with Crippen molar-refractivity contribution >= 4 is 17.5 Å². The van der Waals surface area contributed by atoms with Crippen molar-refractivity contribution < 1.29 is 14.0 Å². The van der Waals surface area contributed by atoms with E-state index >= 15 is 0 Å². The number of para-hydroxylation sites is 1. The second-order valence-corrected chi connectivity index (χ2v) is 6.08. The molecule has 2 saturated heterocycles. The molecule has 5 nitrogen and oxygen atoms in total. The molecule has 0 saturated carbocycles. The van der Waals surface area contributed by atoms with Crippen molar-refractivity contribution in [2.75, 3.05) is 44.2 Å². The molecule has 124 valence electrons. The lowest BCUT2D eigenvalue weighted by Gasteiger charge is -2.36. The number of halogens is 1. The number of nitrogens with zero attached hydrogens (tertiary/aromatic N) is 3. The van der Waals surface area contributed by atoms with Gasteiger partial charge >= 0.3 is 0 Å². The molecule has 0 bridgehead atoms. The monoisotopic (exact) mass is 319 g/mol. The fourth-order valence-electron chi connectivity index (χ4n) is 3.22. The van der Waals surface area contributed by atoms with Crippen LogP contribution in [-0.2, 0) is 9.59 Å². The molecule has 2 aliphatic heterocycles. The highest BCUT2D eigenvalue weighted by Crippen LogP contribution is 2.20. The lowest BCUT2D eigenvalue weighted by Crippen LogP contribution is -2.50. The minimum Gasteiger partial charge on any atom is -0.366 e. The first kappa shape index (κ1) is 15.8. The van der Waals surface area contributed by atoms with Crippen LogP contribution in [0.4, 0.5) is 10.1 Å². The van der Waals surface area contributed by atoms with Gasteiger partial charge in [0.1, 0.15) is 12.2 Å². The zero-order valence-corrected chi connectivity index (χ0v) is 13.2. The Labute approximate surface area is 135 Å². The zero-order valence-electron chi connectivity index (χ0n) is 13.2. The van der Waals surface area contributed by atoms with Crippen LogP contribution in [0.2, 0.25) is 0 Å². The Morgan fingerprint density at radius 1 is 0.870 bits per heavy atom. The van der Waals surface area contributed by atoms with Crippen molar-refractivity contribution in [3.05, 3.63) is 30.1 Å². The number of rotatable bonds is 3. The second kappa shape index (κ2) is 6.98. The number of piperazine rings is 1. The van der Waals surface area contributed by atoms with E-state index in [1.807, 2.05) is 11.0 Å². The molecule has 0 aromatic heterocycles. The summed E-state index contributed by atoms with van der Waals surface area (Å²) < 4.78 is 13.8. The number of hydrogen-bond donors (Lipinski definition) is 0. The Bertz CT molecular complexity index is 579. The number of benzene rings is 1. The molecule has 0 radical (unpaired) electrons. The molecule has 3 rings (SSSR count). The van der Waals surface area contributed by atoms with Gasteiger partial charge in [0.05, 0.1) is 5.69 Å². The quantitative estimate of drug-likeness (QED) is 0.793. The average molecular weight is 319 g/mol. The molecule has 0 aliphatic carbocycles. The van der Waals surface area contributed by atoms with Gasteiger partial charge in [-0.25, -0.2) is 4.39 Å². The fraction of sp³-hybridized carbons (Fsp3) is 0.529. The van der Waals surface area contributed by atoms with E-state index in [1.165, 1.54) is 6.07 Å². The van der Waals surface area contributed by atoms with Crippen LogP contribution >= 0.6 is 0 Å². The number of likely N-dealkylation sites (tertiary alicyclic amines) is 1. The Morgan fingerprint density at radius 3 is 2.04 bits per heavy atom. The lowest BCUT2D eigenvalue weighted by molar-refractivity contribution is -0.140. The standard InChI is InChI=1S/C17H22FN3O2/c18-14-5-1-2-6-15(14)19-9-11-21(12-10-19)17(23)13-16(22)20-7-3-4-8-20/h1-2,5-6H,3-4,7-13H2. The van der Waals surface area contributed by atoms with Crippen LogP contribution in [0.5, 0.6) is 0 Å². The van der Waals surface area contributed by atoms with Crippen LogP contribution < -0.4 is 4.90 Å². The SMILES string of the molecule is O=C(CC(=O)N1CCN(c2ccccc2F)CC1)N1CCCC1. The van der Waals surface area contributed by atoms with E-state index in [1.54, 1.807) is 21.9 Å². The summed E-state index contributed by atoms with van der Waals surface area (Å²) in [6.07, 6.45) is 2.02. The minimum atomic E-state index is -0.239. The van der Waals surface area contributed by atoms with Crippen molar-refractivity contribution in [1.29, 1.82) is 0 Å². The van der Waals surface area contributed by atoms with Gasteiger partial charge in [0.25, 0.3) is 0 Å². The third kappa shape index (κ3) is 3.63. The first-order chi connectivity index (χ1) is 11.1. The third-order valence-electron chi connectivity index (χ3n) is 4.59. The largest absolute Gasteiger partial charge is 0.366 e. The number of carbonyl (C=O) groups is 2. The van der Waals surface area contributed by atoms with E-state index in [4.69, 9.17) is 0 Å². The van der Waals surface area contributed by atoms with Crippen LogP contribution in [-0.4, -0.2) is 60.9 Å². The Kier molecular flexibility index (Phi) is 4.79. The molecule has 2 aliphatic rings. The molecule has 1 aromatic rings. The van der Waals surface area contributed by atoms with Gasteiger partial charge in [0.2, 0.25) is 11.8 Å². The van der Waals surface area contributed by atoms with E-state index < -0.39 is 0 Å². The second-order valence-electron chi connectivity index (χ2n) is 6.08. The maximum atomic E-state index is 13.8. The van der Waals surface area contributed by atoms with Crippen LogP contribution in [0.3, 0.4) is 0 Å². The molecule has 23 heavy (non-hydrogen) atoms. The average Bonchev–Trinajstić information content (AvgIpc) is 3.10. The highest BCUT2D eigenvalue weighted by Gasteiger charge is 2.26. The highest BCUT2D eigenvalue weighted by atomic mass is 19.1. The smallest absolute Gasteiger partial charge is 0.232 e.